The maximum Gasteiger partial charge on any atom is 0.133 e. The molecular weight excluding hydrogens is 172 g/mol. The Hall–Kier alpha value is 0.470. The summed E-state index contributed by atoms with van der Waals surface area (Å²) < 4.78 is 0. The van der Waals surface area contributed by atoms with Gasteiger partial charge in [0.1, 0.15) is 10.9 Å². The van der Waals surface area contributed by atoms with E-state index in [1.165, 1.54) is 0 Å². The summed E-state index contributed by atoms with van der Waals surface area (Å²) in [5, 5.41) is 2.57. The fourth-order valence-electron chi connectivity index (χ4n) is 0.0460. The first-order valence-electron chi connectivity index (χ1n) is 1.79. The molecular formula is C3H6Cl3NO. The van der Waals surface area contributed by atoms with E-state index in [1.54, 1.807) is 6.92 Å². The quantitative estimate of drug-likeness (QED) is 0.471. The highest BCUT2D eigenvalue weighted by Gasteiger charge is 2.08. The highest BCUT2D eigenvalue weighted by Crippen LogP contribution is 2.09. The largest absolute Gasteiger partial charge is 0.150 e. The summed E-state index contributed by atoms with van der Waals surface area (Å²) in [4.78, 5) is 8.86. The maximum atomic E-state index is 9.53. The smallest absolute Gasteiger partial charge is 0.133 e. The molecule has 0 spiro atoms. The lowest BCUT2D eigenvalue weighted by Crippen LogP contribution is -2.05. The van der Waals surface area contributed by atoms with Crippen LogP contribution >= 0.6 is 35.6 Å². The van der Waals surface area contributed by atoms with Gasteiger partial charge in [0.25, 0.3) is 0 Å². The van der Waals surface area contributed by atoms with Crippen LogP contribution in [0.2, 0.25) is 0 Å². The number of hydrogen-bond donors (Lipinski definition) is 0. The summed E-state index contributed by atoms with van der Waals surface area (Å²) in [6.07, 6.45) is 0. The normalized spacial score (nSPS) is 12.5. The zero-order valence-corrected chi connectivity index (χ0v) is 6.50. The second kappa shape index (κ2) is 5.60. The summed E-state index contributed by atoms with van der Waals surface area (Å²) in [5.74, 6) is 0. The van der Waals surface area contributed by atoms with Gasteiger partial charge >= 0.3 is 0 Å². The van der Waals surface area contributed by atoms with Gasteiger partial charge in [-0.1, -0.05) is 5.18 Å². The predicted molar refractivity (Wildman–Crippen MR) is 38.0 cm³/mol. The van der Waals surface area contributed by atoms with Crippen molar-refractivity contribution < 1.29 is 0 Å². The molecule has 0 N–H and O–H groups in total. The molecule has 0 rings (SSSR count). The van der Waals surface area contributed by atoms with Crippen LogP contribution < -0.4 is 0 Å². The number of halogens is 3. The average molecular weight is 178 g/mol. The van der Waals surface area contributed by atoms with Gasteiger partial charge < -0.3 is 0 Å². The fraction of sp³-hybridized carbons (Fsp3) is 1.00. The van der Waals surface area contributed by atoms with Gasteiger partial charge in [0.05, 0.1) is 0 Å². The van der Waals surface area contributed by atoms with Crippen molar-refractivity contribution in [3.8, 4) is 0 Å². The van der Waals surface area contributed by atoms with Gasteiger partial charge in [0.15, 0.2) is 0 Å². The van der Waals surface area contributed by atoms with E-state index in [1.807, 2.05) is 0 Å². The monoisotopic (exact) mass is 177 g/mol. The van der Waals surface area contributed by atoms with Gasteiger partial charge in [-0.3, -0.25) is 0 Å². The Kier molecular flexibility index (Phi) is 7.91. The molecule has 0 amide bonds. The minimum absolute atomic E-state index is 0. The Morgan fingerprint density at radius 1 is 1.50 bits per heavy atom. The highest BCUT2D eigenvalue weighted by molar-refractivity contribution is 6.44. The van der Waals surface area contributed by atoms with Crippen molar-refractivity contribution in [2.45, 2.75) is 17.8 Å². The summed E-state index contributed by atoms with van der Waals surface area (Å²) >= 11 is 10.4. The Morgan fingerprint density at radius 2 is 1.88 bits per heavy atom. The van der Waals surface area contributed by atoms with Crippen LogP contribution in [0.3, 0.4) is 0 Å². The predicted octanol–water partition coefficient (Wildman–Crippen LogP) is 2.37. The molecule has 0 aliphatic carbocycles. The number of nitroso groups, excluding NO2 is 1. The number of alkyl halides is 2. The van der Waals surface area contributed by atoms with Crippen molar-refractivity contribution >= 4 is 35.6 Å². The van der Waals surface area contributed by atoms with Crippen molar-refractivity contribution in [3.63, 3.8) is 0 Å². The molecule has 0 aliphatic heterocycles. The summed E-state index contributed by atoms with van der Waals surface area (Å²) in [7, 11) is 0. The van der Waals surface area contributed by atoms with Crippen LogP contribution in [0, 0.1) is 4.91 Å². The highest BCUT2D eigenvalue weighted by atomic mass is 35.5. The first kappa shape index (κ1) is 11.3. The number of nitrogens with zero attached hydrogens (tertiary/aromatic N) is 1. The summed E-state index contributed by atoms with van der Waals surface area (Å²) in [6, 6.07) is -0.497. The standard InChI is InChI=1S/C3H5Cl2NO.ClH/c1-2(6-7)3(4)5;/h2-3H,1H3;1H. The van der Waals surface area contributed by atoms with E-state index in [0.717, 1.165) is 0 Å². The summed E-state index contributed by atoms with van der Waals surface area (Å²) in [6.45, 7) is 1.55. The van der Waals surface area contributed by atoms with E-state index in [0.29, 0.717) is 0 Å². The first-order valence-corrected chi connectivity index (χ1v) is 2.66. The Morgan fingerprint density at radius 3 is 1.88 bits per heavy atom. The topological polar surface area (TPSA) is 29.4 Å². The molecule has 2 nitrogen and oxygen atoms in total. The Labute approximate surface area is 63.9 Å². The molecule has 0 fully saturated rings. The molecule has 0 aliphatic rings. The van der Waals surface area contributed by atoms with Gasteiger partial charge in [-0.05, 0) is 6.92 Å². The molecule has 0 aromatic heterocycles. The van der Waals surface area contributed by atoms with E-state index < -0.39 is 10.9 Å². The molecule has 1 unspecified atom stereocenters. The number of hydrogen-bond acceptors (Lipinski definition) is 2. The van der Waals surface area contributed by atoms with E-state index in [4.69, 9.17) is 23.2 Å². The zero-order chi connectivity index (χ0) is 5.86. The first-order chi connectivity index (χ1) is 3.18. The van der Waals surface area contributed by atoms with Crippen molar-refractivity contribution in [1.29, 1.82) is 0 Å². The molecule has 8 heavy (non-hydrogen) atoms. The SMILES string of the molecule is CC(N=O)C(Cl)Cl.Cl. The van der Waals surface area contributed by atoms with Crippen LogP contribution in [0.1, 0.15) is 6.92 Å². The van der Waals surface area contributed by atoms with E-state index in [9.17, 15) is 4.91 Å². The molecule has 0 bridgehead atoms. The Bertz CT molecular complexity index is 67.5. The third kappa shape index (κ3) is 4.62. The Balaban J connectivity index is 0. The van der Waals surface area contributed by atoms with E-state index >= 15 is 0 Å². The summed E-state index contributed by atoms with van der Waals surface area (Å²) in [5.41, 5.74) is 0. The average Bonchev–Trinajstić information content (AvgIpc) is 1.65. The van der Waals surface area contributed by atoms with Crippen molar-refractivity contribution in [3.05, 3.63) is 4.91 Å². The van der Waals surface area contributed by atoms with Gasteiger partial charge in [0.2, 0.25) is 0 Å². The van der Waals surface area contributed by atoms with Gasteiger partial charge in [-0.2, -0.15) is 4.91 Å². The molecule has 50 valence electrons. The van der Waals surface area contributed by atoms with Crippen LogP contribution in [0.15, 0.2) is 5.18 Å². The van der Waals surface area contributed by atoms with Crippen LogP contribution in [0.5, 0.6) is 0 Å². The van der Waals surface area contributed by atoms with Crippen LogP contribution in [0.25, 0.3) is 0 Å². The lowest BCUT2D eigenvalue weighted by molar-refractivity contribution is 0.799. The maximum absolute atomic E-state index is 9.53. The second-order valence-electron chi connectivity index (χ2n) is 1.18. The van der Waals surface area contributed by atoms with Crippen molar-refractivity contribution in [2.75, 3.05) is 0 Å². The second-order valence-corrected chi connectivity index (χ2v) is 2.34. The minimum Gasteiger partial charge on any atom is -0.150 e. The molecule has 0 radical (unpaired) electrons. The molecule has 1 atom stereocenters. The lowest BCUT2D eigenvalue weighted by Gasteiger charge is -1.97. The van der Waals surface area contributed by atoms with Crippen molar-refractivity contribution in [2.24, 2.45) is 5.18 Å². The molecule has 0 aromatic rings. The molecule has 0 heterocycles. The van der Waals surface area contributed by atoms with Gasteiger partial charge in [-0.15, -0.1) is 35.6 Å². The van der Waals surface area contributed by atoms with Crippen LogP contribution in [0.4, 0.5) is 0 Å². The van der Waals surface area contributed by atoms with Crippen LogP contribution in [-0.2, 0) is 0 Å². The molecule has 0 saturated heterocycles. The van der Waals surface area contributed by atoms with Crippen LogP contribution in [-0.4, -0.2) is 10.9 Å². The zero-order valence-electron chi connectivity index (χ0n) is 4.17. The molecule has 0 aromatic carbocycles. The minimum atomic E-state index is -0.669. The van der Waals surface area contributed by atoms with E-state index in [-0.39, 0.29) is 12.4 Å². The molecule has 0 saturated carbocycles. The van der Waals surface area contributed by atoms with E-state index in [2.05, 4.69) is 5.18 Å². The van der Waals surface area contributed by atoms with Crippen molar-refractivity contribution in [1.82, 2.24) is 0 Å². The number of rotatable bonds is 2. The van der Waals surface area contributed by atoms with Gasteiger partial charge in [0, 0.05) is 0 Å². The third-order valence-electron chi connectivity index (χ3n) is 0.531. The third-order valence-corrected chi connectivity index (χ3v) is 1.26. The van der Waals surface area contributed by atoms with Gasteiger partial charge in [-0.25, -0.2) is 0 Å². The fourth-order valence-corrected chi connectivity index (χ4v) is 0.138. The molecule has 5 heteroatoms. The lowest BCUT2D eigenvalue weighted by atomic mass is 10.4.